The summed E-state index contributed by atoms with van der Waals surface area (Å²) in [5.74, 6) is 2.79. The molecule has 0 aromatic carbocycles. The molecule has 2 amide bonds. The van der Waals surface area contributed by atoms with Gasteiger partial charge in [-0.15, -0.1) is 0 Å². The summed E-state index contributed by atoms with van der Waals surface area (Å²) in [5, 5.41) is 2.89. The van der Waals surface area contributed by atoms with Gasteiger partial charge in [-0.25, -0.2) is 14.8 Å². The molecule has 2 bridgehead atoms. The van der Waals surface area contributed by atoms with Crippen LogP contribution in [-0.4, -0.2) is 65.9 Å². The molecule has 0 spiro atoms. The summed E-state index contributed by atoms with van der Waals surface area (Å²) in [6, 6.07) is 4.11. The van der Waals surface area contributed by atoms with E-state index < -0.39 is 0 Å². The summed E-state index contributed by atoms with van der Waals surface area (Å²) in [7, 11) is 0. The molecule has 2 atom stereocenters. The van der Waals surface area contributed by atoms with Gasteiger partial charge in [-0.05, 0) is 37.3 Å². The normalized spacial score (nSPS) is 25.3. The molecule has 5 heterocycles. The van der Waals surface area contributed by atoms with Crippen molar-refractivity contribution in [3.8, 4) is 0 Å². The summed E-state index contributed by atoms with van der Waals surface area (Å²) in [4.78, 5) is 32.9. The Kier molecular flexibility index (Phi) is 4.22. The van der Waals surface area contributed by atoms with Crippen LogP contribution in [0.3, 0.4) is 0 Å². The number of nitrogens with one attached hydrogen (secondary N) is 1. The molecule has 1 aliphatic carbocycles. The number of urea groups is 1. The van der Waals surface area contributed by atoms with Crippen molar-refractivity contribution in [2.75, 3.05) is 52.8 Å². The monoisotopic (exact) mass is 407 g/mol. The minimum atomic E-state index is -0.203. The second kappa shape index (κ2) is 7.09. The Bertz CT molecular complexity index is 952. The van der Waals surface area contributed by atoms with Gasteiger partial charge in [0.05, 0.1) is 30.6 Å². The number of fused-ring (bicyclic) bond motifs is 4. The van der Waals surface area contributed by atoms with E-state index in [0.717, 1.165) is 56.5 Å². The van der Waals surface area contributed by atoms with E-state index >= 15 is 0 Å². The lowest BCUT2D eigenvalue weighted by molar-refractivity contribution is 0.0261. The van der Waals surface area contributed by atoms with Crippen LogP contribution in [-0.2, 0) is 4.74 Å². The molecule has 6 rings (SSSR count). The fourth-order valence-corrected chi connectivity index (χ4v) is 4.81. The lowest BCUT2D eigenvalue weighted by Crippen LogP contribution is -2.49. The van der Waals surface area contributed by atoms with Gasteiger partial charge in [0, 0.05) is 38.6 Å². The fourth-order valence-electron chi connectivity index (χ4n) is 4.81. The SMILES string of the molecule is O=C(Nc1cnccn1)N1c2nc(N3CCOC(C4CC4)C3)ccc2N2CCC1C2. The minimum absolute atomic E-state index is 0.112. The number of carbonyl (C=O) groups excluding carboxylic acids is 1. The van der Waals surface area contributed by atoms with Crippen LogP contribution >= 0.6 is 0 Å². The highest BCUT2D eigenvalue weighted by Crippen LogP contribution is 2.41. The number of aromatic nitrogens is 3. The first-order valence-electron chi connectivity index (χ1n) is 10.7. The number of anilines is 4. The van der Waals surface area contributed by atoms with E-state index in [0.29, 0.717) is 17.8 Å². The van der Waals surface area contributed by atoms with E-state index in [9.17, 15) is 4.79 Å². The van der Waals surface area contributed by atoms with Crippen LogP contribution in [0.5, 0.6) is 0 Å². The number of ether oxygens (including phenoxy) is 1. The van der Waals surface area contributed by atoms with E-state index in [2.05, 4.69) is 37.2 Å². The van der Waals surface area contributed by atoms with Gasteiger partial charge in [-0.3, -0.25) is 15.2 Å². The zero-order valence-corrected chi connectivity index (χ0v) is 16.8. The molecule has 9 heteroatoms. The number of carbonyl (C=O) groups is 1. The Morgan fingerprint density at radius 2 is 2.03 bits per heavy atom. The van der Waals surface area contributed by atoms with Crippen molar-refractivity contribution < 1.29 is 9.53 Å². The summed E-state index contributed by atoms with van der Waals surface area (Å²) >= 11 is 0. The smallest absolute Gasteiger partial charge is 0.329 e. The first kappa shape index (κ1) is 17.9. The highest BCUT2D eigenvalue weighted by molar-refractivity contribution is 6.04. The van der Waals surface area contributed by atoms with E-state index in [-0.39, 0.29) is 12.1 Å². The minimum Gasteiger partial charge on any atom is -0.374 e. The van der Waals surface area contributed by atoms with Gasteiger partial charge < -0.3 is 14.5 Å². The molecule has 9 nitrogen and oxygen atoms in total. The largest absolute Gasteiger partial charge is 0.374 e. The third-order valence-corrected chi connectivity index (χ3v) is 6.52. The van der Waals surface area contributed by atoms with Crippen LogP contribution in [0.2, 0.25) is 0 Å². The van der Waals surface area contributed by atoms with Crippen LogP contribution < -0.4 is 20.0 Å². The summed E-state index contributed by atoms with van der Waals surface area (Å²) in [6.45, 7) is 4.20. The van der Waals surface area contributed by atoms with Crippen LogP contribution in [0.1, 0.15) is 19.3 Å². The van der Waals surface area contributed by atoms with Crippen LogP contribution in [0.4, 0.5) is 27.9 Å². The third kappa shape index (κ3) is 3.13. The Morgan fingerprint density at radius 3 is 2.87 bits per heavy atom. The molecule has 156 valence electrons. The van der Waals surface area contributed by atoms with Gasteiger partial charge in [-0.2, -0.15) is 0 Å². The molecular formula is C21H25N7O2. The van der Waals surface area contributed by atoms with Crippen LogP contribution in [0.25, 0.3) is 0 Å². The zero-order chi connectivity index (χ0) is 20.1. The fraction of sp³-hybridized carbons (Fsp3) is 0.524. The Balaban J connectivity index is 1.30. The highest BCUT2D eigenvalue weighted by atomic mass is 16.5. The molecule has 1 saturated carbocycles. The van der Waals surface area contributed by atoms with E-state index in [1.807, 2.05) is 4.90 Å². The number of rotatable bonds is 3. The van der Waals surface area contributed by atoms with Gasteiger partial charge in [0.25, 0.3) is 0 Å². The van der Waals surface area contributed by atoms with E-state index in [1.165, 1.54) is 12.8 Å². The van der Waals surface area contributed by atoms with Gasteiger partial charge in [-0.1, -0.05) is 0 Å². The van der Waals surface area contributed by atoms with E-state index in [1.54, 1.807) is 18.6 Å². The second-order valence-electron chi connectivity index (χ2n) is 8.48. The van der Waals surface area contributed by atoms with Crippen LogP contribution in [0, 0.1) is 5.92 Å². The van der Waals surface area contributed by atoms with Crippen LogP contribution in [0.15, 0.2) is 30.7 Å². The number of morpholine rings is 1. The topological polar surface area (TPSA) is 86.7 Å². The van der Waals surface area contributed by atoms with Crippen molar-refractivity contribution in [2.24, 2.45) is 5.92 Å². The number of nitrogens with zero attached hydrogens (tertiary/aromatic N) is 6. The molecule has 30 heavy (non-hydrogen) atoms. The lowest BCUT2D eigenvalue weighted by atomic mass is 10.1. The molecule has 0 radical (unpaired) electrons. The lowest BCUT2D eigenvalue weighted by Gasteiger charge is -2.38. The molecule has 4 aliphatic rings. The maximum absolute atomic E-state index is 13.2. The van der Waals surface area contributed by atoms with Crippen molar-refractivity contribution >= 4 is 29.2 Å². The Labute approximate surface area is 175 Å². The van der Waals surface area contributed by atoms with Crippen molar-refractivity contribution in [1.82, 2.24) is 15.0 Å². The van der Waals surface area contributed by atoms with E-state index in [4.69, 9.17) is 9.72 Å². The zero-order valence-electron chi connectivity index (χ0n) is 16.8. The molecule has 2 unspecified atom stereocenters. The molecule has 2 aromatic rings. The summed E-state index contributed by atoms with van der Waals surface area (Å²) in [5.41, 5.74) is 1.02. The number of hydrogen-bond donors (Lipinski definition) is 1. The molecular weight excluding hydrogens is 382 g/mol. The second-order valence-corrected chi connectivity index (χ2v) is 8.48. The first-order chi connectivity index (χ1) is 14.8. The quantitative estimate of drug-likeness (QED) is 0.834. The van der Waals surface area contributed by atoms with Gasteiger partial charge in [0.15, 0.2) is 11.6 Å². The number of pyridine rings is 1. The summed E-state index contributed by atoms with van der Waals surface area (Å²) < 4.78 is 5.97. The van der Waals surface area contributed by atoms with Crippen molar-refractivity contribution in [3.63, 3.8) is 0 Å². The van der Waals surface area contributed by atoms with Crippen molar-refractivity contribution in [2.45, 2.75) is 31.4 Å². The predicted octanol–water partition coefficient (Wildman–Crippen LogP) is 2.12. The molecule has 2 saturated heterocycles. The van der Waals surface area contributed by atoms with Gasteiger partial charge in [0.2, 0.25) is 0 Å². The third-order valence-electron chi connectivity index (χ3n) is 6.52. The molecule has 1 N–H and O–H groups in total. The predicted molar refractivity (Wildman–Crippen MR) is 113 cm³/mol. The molecule has 2 aromatic heterocycles. The average Bonchev–Trinajstić information content (AvgIpc) is 3.56. The number of hydrogen-bond acceptors (Lipinski definition) is 7. The maximum Gasteiger partial charge on any atom is 0.329 e. The maximum atomic E-state index is 13.2. The summed E-state index contributed by atoms with van der Waals surface area (Å²) in [6.07, 6.45) is 8.48. The van der Waals surface area contributed by atoms with Crippen molar-refractivity contribution in [1.29, 1.82) is 0 Å². The molecule has 3 fully saturated rings. The van der Waals surface area contributed by atoms with Gasteiger partial charge in [0.1, 0.15) is 5.82 Å². The highest BCUT2D eigenvalue weighted by Gasteiger charge is 2.41. The van der Waals surface area contributed by atoms with Crippen molar-refractivity contribution in [3.05, 3.63) is 30.7 Å². The Morgan fingerprint density at radius 1 is 1.10 bits per heavy atom. The van der Waals surface area contributed by atoms with Gasteiger partial charge >= 0.3 is 6.03 Å². The average molecular weight is 407 g/mol. The molecule has 3 aliphatic heterocycles. The first-order valence-corrected chi connectivity index (χ1v) is 10.7. The Hall–Kier alpha value is -2.94. The number of amides is 2. The standard InChI is InChI=1S/C21H25N7O2/c29-21(24-18-11-22-6-7-23-18)28-15-5-8-26(12-15)16-3-4-19(25-20(16)28)27-9-10-30-17(13-27)14-1-2-14/h3-4,6-7,11,14-15,17H,1-2,5,8-10,12-13H2,(H,23,24,29).